The fraction of sp³-hybridized carbons (Fsp3) is 0.636. The molecule has 1 aromatic carbocycles. The molecule has 0 aromatic heterocycles. The summed E-state index contributed by atoms with van der Waals surface area (Å²) in [5.74, 6) is 1.17. The maximum atomic E-state index is 13.2. The second-order valence-corrected chi connectivity index (χ2v) is 9.34. The number of hydroxylamine groups is 3. The zero-order valence-electron chi connectivity index (χ0n) is 17.6. The molecule has 3 rings (SSSR count). The Balaban J connectivity index is 1.45. The summed E-state index contributed by atoms with van der Waals surface area (Å²) in [6.45, 7) is 8.92. The van der Waals surface area contributed by atoms with Crippen molar-refractivity contribution in [3.8, 4) is 11.8 Å². The summed E-state index contributed by atoms with van der Waals surface area (Å²) in [6, 6.07) is 9.07. The predicted molar refractivity (Wildman–Crippen MR) is 109 cm³/mol. The Morgan fingerprint density at radius 1 is 1.24 bits per heavy atom. The molecule has 0 spiro atoms. The van der Waals surface area contributed by atoms with E-state index in [1.165, 1.54) is 0 Å². The van der Waals surface area contributed by atoms with Crippen LogP contribution in [0, 0.1) is 28.4 Å². The topological polar surface area (TPSA) is 85.6 Å². The largest absolute Gasteiger partial charge is 0.633 e. The first-order valence-corrected chi connectivity index (χ1v) is 10.3. The van der Waals surface area contributed by atoms with Crippen molar-refractivity contribution in [1.29, 1.82) is 5.26 Å². The van der Waals surface area contributed by atoms with Crippen LogP contribution in [-0.4, -0.2) is 60.6 Å². The number of fused-ring (bicyclic) bond motifs is 2. The van der Waals surface area contributed by atoms with Crippen molar-refractivity contribution < 1.29 is 18.9 Å². The van der Waals surface area contributed by atoms with E-state index in [2.05, 4.69) is 6.07 Å². The number of carbonyl (C=O) groups is 1. The van der Waals surface area contributed by atoms with Crippen molar-refractivity contribution in [2.75, 3.05) is 39.3 Å². The third-order valence-electron chi connectivity index (χ3n) is 5.42. The van der Waals surface area contributed by atoms with Crippen molar-refractivity contribution in [3.05, 3.63) is 35.0 Å². The van der Waals surface area contributed by atoms with Crippen LogP contribution < -0.4 is 4.74 Å². The molecule has 2 heterocycles. The minimum absolute atomic E-state index is 0.200. The molecule has 158 valence electrons. The number of ether oxygens (including phenoxy) is 2. The van der Waals surface area contributed by atoms with Crippen molar-refractivity contribution in [2.45, 2.75) is 39.2 Å². The van der Waals surface area contributed by atoms with Gasteiger partial charge in [0.2, 0.25) is 0 Å². The third kappa shape index (κ3) is 6.09. The first-order chi connectivity index (χ1) is 13.7. The van der Waals surface area contributed by atoms with Crippen molar-refractivity contribution in [3.63, 3.8) is 0 Å². The number of nitriles is 1. The molecule has 29 heavy (non-hydrogen) atoms. The van der Waals surface area contributed by atoms with Gasteiger partial charge >= 0.3 is 6.09 Å². The molecule has 1 aromatic rings. The number of benzene rings is 1. The second-order valence-electron chi connectivity index (χ2n) is 9.34. The van der Waals surface area contributed by atoms with E-state index in [-0.39, 0.29) is 22.6 Å². The minimum atomic E-state index is -0.503. The molecule has 2 aliphatic rings. The molecule has 2 saturated heterocycles. The molecule has 7 heteroatoms. The van der Waals surface area contributed by atoms with Gasteiger partial charge in [0.1, 0.15) is 11.4 Å². The van der Waals surface area contributed by atoms with Crippen LogP contribution in [0.25, 0.3) is 0 Å². The quantitative estimate of drug-likeness (QED) is 0.428. The highest BCUT2D eigenvalue weighted by atomic mass is 16.6. The van der Waals surface area contributed by atoms with Crippen LogP contribution >= 0.6 is 0 Å². The van der Waals surface area contributed by atoms with Gasteiger partial charge in [0.05, 0.1) is 37.9 Å². The zero-order chi connectivity index (χ0) is 21.1. The summed E-state index contributed by atoms with van der Waals surface area (Å²) >= 11 is 0. The molecule has 2 atom stereocenters. The van der Waals surface area contributed by atoms with Crippen LogP contribution in [0.1, 0.15) is 39.2 Å². The minimum Gasteiger partial charge on any atom is -0.633 e. The highest BCUT2D eigenvalue weighted by Crippen LogP contribution is 2.33. The van der Waals surface area contributed by atoms with Gasteiger partial charge in [0, 0.05) is 31.3 Å². The lowest BCUT2D eigenvalue weighted by Gasteiger charge is -2.54. The van der Waals surface area contributed by atoms with Gasteiger partial charge in [0.15, 0.2) is 0 Å². The predicted octanol–water partition coefficient (Wildman–Crippen LogP) is 3.53. The summed E-state index contributed by atoms with van der Waals surface area (Å²) < 4.78 is 11.0. The molecule has 2 unspecified atom stereocenters. The van der Waals surface area contributed by atoms with E-state index in [1.54, 1.807) is 29.2 Å². The van der Waals surface area contributed by atoms with Gasteiger partial charge in [-0.05, 0) is 51.5 Å². The van der Waals surface area contributed by atoms with E-state index < -0.39 is 5.60 Å². The number of carbonyl (C=O) groups excluding carboxylic acids is 1. The Labute approximate surface area is 173 Å². The number of rotatable bonds is 5. The first-order valence-electron chi connectivity index (χ1n) is 10.3. The lowest BCUT2D eigenvalue weighted by molar-refractivity contribution is -0.894. The van der Waals surface area contributed by atoms with E-state index in [1.807, 2.05) is 20.8 Å². The number of hydrogen-bond acceptors (Lipinski definition) is 5. The molecule has 0 radical (unpaired) electrons. The van der Waals surface area contributed by atoms with E-state index >= 15 is 0 Å². The van der Waals surface area contributed by atoms with Crippen LogP contribution in [0.2, 0.25) is 0 Å². The maximum Gasteiger partial charge on any atom is 0.410 e. The molecule has 0 N–H and O–H groups in total. The van der Waals surface area contributed by atoms with Crippen molar-refractivity contribution >= 4 is 6.09 Å². The number of likely N-dealkylation sites (tertiary alicyclic amines) is 2. The Hall–Kier alpha value is -2.30. The summed E-state index contributed by atoms with van der Waals surface area (Å²) in [7, 11) is 0. The fourth-order valence-electron chi connectivity index (χ4n) is 4.43. The molecule has 7 nitrogen and oxygen atoms in total. The molecular weight excluding hydrogens is 370 g/mol. The second kappa shape index (κ2) is 8.60. The molecule has 2 bridgehead atoms. The van der Waals surface area contributed by atoms with Crippen molar-refractivity contribution in [2.24, 2.45) is 11.8 Å². The average molecular weight is 402 g/mol. The lowest BCUT2D eigenvalue weighted by Crippen LogP contribution is -2.61. The number of amides is 1. The molecule has 2 fully saturated rings. The summed E-state index contributed by atoms with van der Waals surface area (Å²) in [6.07, 6.45) is 1.43. The van der Waals surface area contributed by atoms with E-state index in [9.17, 15) is 10.0 Å². The fourth-order valence-corrected chi connectivity index (χ4v) is 4.43. The highest BCUT2D eigenvalue weighted by Gasteiger charge is 2.41. The summed E-state index contributed by atoms with van der Waals surface area (Å²) in [5, 5.41) is 22.1. The Morgan fingerprint density at radius 2 is 1.86 bits per heavy atom. The Bertz CT molecular complexity index is 737. The van der Waals surface area contributed by atoms with E-state index in [4.69, 9.17) is 14.7 Å². The summed E-state index contributed by atoms with van der Waals surface area (Å²) in [5.41, 5.74) is 0.0957. The summed E-state index contributed by atoms with van der Waals surface area (Å²) in [4.78, 5) is 14.2. The Kier molecular flexibility index (Phi) is 6.35. The van der Waals surface area contributed by atoms with Gasteiger partial charge in [0.25, 0.3) is 0 Å². The van der Waals surface area contributed by atoms with Crippen LogP contribution in [-0.2, 0) is 4.74 Å². The van der Waals surface area contributed by atoms with Gasteiger partial charge in [-0.3, -0.25) is 0 Å². The van der Waals surface area contributed by atoms with Crippen LogP contribution in [0.5, 0.6) is 5.75 Å². The van der Waals surface area contributed by atoms with Gasteiger partial charge in [-0.15, -0.1) is 0 Å². The van der Waals surface area contributed by atoms with Gasteiger partial charge in [-0.2, -0.15) is 5.26 Å². The number of quaternary nitrogens is 1. The number of hydrogen-bond donors (Lipinski definition) is 0. The van der Waals surface area contributed by atoms with E-state index in [0.717, 1.165) is 6.42 Å². The normalized spacial score (nSPS) is 26.5. The van der Waals surface area contributed by atoms with E-state index in [0.29, 0.717) is 57.1 Å². The average Bonchev–Trinajstić information content (AvgIpc) is 2.63. The van der Waals surface area contributed by atoms with Gasteiger partial charge in [-0.25, -0.2) is 4.79 Å². The highest BCUT2D eigenvalue weighted by molar-refractivity contribution is 5.68. The standard InChI is InChI=1S/C22H31N3O4/c1-22(2,3)29-21(26)24-13-18-11-19(14-24)16-25(27,15-18)9-4-10-28-20-7-5-17(12-23)6-8-20/h5-8,18-19H,4,9-11,13-16H2,1-3H3. The van der Waals surface area contributed by atoms with Crippen molar-refractivity contribution in [1.82, 2.24) is 4.90 Å². The molecule has 0 saturated carbocycles. The number of nitrogens with zero attached hydrogens (tertiary/aromatic N) is 3. The molecule has 2 aliphatic heterocycles. The Morgan fingerprint density at radius 3 is 2.41 bits per heavy atom. The zero-order valence-corrected chi connectivity index (χ0v) is 17.6. The first kappa shape index (κ1) is 21.4. The lowest BCUT2D eigenvalue weighted by atomic mass is 9.84. The van der Waals surface area contributed by atoms with Crippen LogP contribution in [0.3, 0.4) is 0 Å². The van der Waals surface area contributed by atoms with Gasteiger partial charge < -0.3 is 24.2 Å². The molecule has 1 amide bonds. The molecule has 0 aliphatic carbocycles. The monoisotopic (exact) mass is 401 g/mol. The van der Waals surface area contributed by atoms with Gasteiger partial charge in [-0.1, -0.05) is 0 Å². The smallest absolute Gasteiger partial charge is 0.410 e. The molecular formula is C22H31N3O4. The SMILES string of the molecule is CC(C)(C)OC(=O)N1CC2CC(C1)C[N+]([O-])(CCCOc1ccc(C#N)cc1)C2. The number of piperidine rings is 2. The maximum absolute atomic E-state index is 13.2. The van der Waals surface area contributed by atoms with Crippen LogP contribution in [0.15, 0.2) is 24.3 Å². The third-order valence-corrected chi connectivity index (χ3v) is 5.42. The van der Waals surface area contributed by atoms with Crippen LogP contribution in [0.4, 0.5) is 4.79 Å².